The lowest BCUT2D eigenvalue weighted by molar-refractivity contribution is -0.117. The van der Waals surface area contributed by atoms with Gasteiger partial charge in [-0.25, -0.2) is 9.97 Å². The van der Waals surface area contributed by atoms with E-state index < -0.39 is 0 Å². The summed E-state index contributed by atoms with van der Waals surface area (Å²) < 4.78 is 5.37. The molecule has 1 fully saturated rings. The van der Waals surface area contributed by atoms with Crippen molar-refractivity contribution in [3.63, 3.8) is 0 Å². The van der Waals surface area contributed by atoms with Crippen molar-refractivity contribution < 1.29 is 14.0 Å². The highest BCUT2D eigenvalue weighted by molar-refractivity contribution is 7.98. The Kier molecular flexibility index (Phi) is 5.85. The number of hydrogen-bond donors (Lipinski definition) is 1. The van der Waals surface area contributed by atoms with Crippen molar-refractivity contribution in [1.82, 2.24) is 15.3 Å². The molecule has 1 saturated heterocycles. The molecular formula is C22H22N4O3S. The Bertz CT molecular complexity index is 1060. The summed E-state index contributed by atoms with van der Waals surface area (Å²) >= 11 is 1.40. The molecule has 0 atom stereocenters. The van der Waals surface area contributed by atoms with E-state index in [0.717, 1.165) is 24.2 Å². The molecule has 2 amide bonds. The molecule has 1 aliphatic heterocycles. The van der Waals surface area contributed by atoms with E-state index in [-0.39, 0.29) is 11.8 Å². The zero-order valence-corrected chi connectivity index (χ0v) is 17.7. The molecule has 1 aliphatic rings. The van der Waals surface area contributed by atoms with Crippen molar-refractivity contribution in [2.45, 2.75) is 31.3 Å². The molecular weight excluding hydrogens is 400 g/mol. The molecule has 154 valence electrons. The Morgan fingerprint density at radius 3 is 2.67 bits per heavy atom. The zero-order chi connectivity index (χ0) is 21.1. The quantitative estimate of drug-likeness (QED) is 0.480. The summed E-state index contributed by atoms with van der Waals surface area (Å²) in [5.41, 5.74) is 2.92. The number of aromatic nitrogens is 2. The summed E-state index contributed by atoms with van der Waals surface area (Å²) in [6, 6.07) is 11.3. The fourth-order valence-electron chi connectivity index (χ4n) is 3.46. The van der Waals surface area contributed by atoms with Gasteiger partial charge in [-0.3, -0.25) is 9.59 Å². The third-order valence-corrected chi connectivity index (χ3v) is 5.68. The van der Waals surface area contributed by atoms with E-state index in [4.69, 9.17) is 4.42 Å². The van der Waals surface area contributed by atoms with Crippen LogP contribution in [0.2, 0.25) is 0 Å². The van der Waals surface area contributed by atoms with E-state index in [0.29, 0.717) is 40.8 Å². The van der Waals surface area contributed by atoms with Crippen LogP contribution in [-0.2, 0) is 11.3 Å². The summed E-state index contributed by atoms with van der Waals surface area (Å²) in [5, 5.41) is 3.55. The predicted octanol–water partition coefficient (Wildman–Crippen LogP) is 3.82. The molecule has 1 aromatic carbocycles. The van der Waals surface area contributed by atoms with Gasteiger partial charge in [0.15, 0.2) is 11.6 Å². The average molecular weight is 423 g/mol. The Labute approximate surface area is 178 Å². The van der Waals surface area contributed by atoms with Gasteiger partial charge >= 0.3 is 0 Å². The van der Waals surface area contributed by atoms with Gasteiger partial charge < -0.3 is 14.6 Å². The number of aryl methyl sites for hydroxylation is 1. The van der Waals surface area contributed by atoms with Crippen molar-refractivity contribution in [3.8, 4) is 11.6 Å². The number of nitrogens with one attached hydrogen (secondary N) is 1. The Balaban J connectivity index is 1.47. The number of furan rings is 1. The number of anilines is 1. The molecule has 3 aromatic rings. The number of carbonyl (C=O) groups excluding carboxylic acids is 2. The first-order valence-corrected chi connectivity index (χ1v) is 10.9. The highest BCUT2D eigenvalue weighted by Crippen LogP contribution is 2.25. The lowest BCUT2D eigenvalue weighted by Crippen LogP contribution is -2.26. The van der Waals surface area contributed by atoms with Crippen LogP contribution in [0.15, 0.2) is 52.1 Å². The van der Waals surface area contributed by atoms with Crippen LogP contribution in [0.3, 0.4) is 0 Å². The SMILES string of the molecule is CSc1nc(-c2ccco2)nc(C)c1C(=O)NCc1ccc(N2CCCC2=O)cc1. The largest absolute Gasteiger partial charge is 0.461 e. The average Bonchev–Trinajstić information content (AvgIpc) is 3.44. The van der Waals surface area contributed by atoms with Crippen LogP contribution in [-0.4, -0.2) is 34.6 Å². The molecule has 0 aliphatic carbocycles. The summed E-state index contributed by atoms with van der Waals surface area (Å²) in [7, 11) is 0. The number of rotatable bonds is 6. The third-order valence-electron chi connectivity index (χ3n) is 4.99. The van der Waals surface area contributed by atoms with Gasteiger partial charge in [0, 0.05) is 25.2 Å². The van der Waals surface area contributed by atoms with Crippen LogP contribution in [0.5, 0.6) is 0 Å². The van der Waals surface area contributed by atoms with Gasteiger partial charge in [0.05, 0.1) is 17.5 Å². The number of nitrogens with zero attached hydrogens (tertiary/aromatic N) is 3. The van der Waals surface area contributed by atoms with Gasteiger partial charge in [0.1, 0.15) is 5.03 Å². The van der Waals surface area contributed by atoms with Gasteiger partial charge in [-0.1, -0.05) is 12.1 Å². The maximum atomic E-state index is 12.9. The Hall–Kier alpha value is -3.13. The highest BCUT2D eigenvalue weighted by atomic mass is 32.2. The smallest absolute Gasteiger partial charge is 0.256 e. The second kappa shape index (κ2) is 8.71. The Morgan fingerprint density at radius 1 is 1.23 bits per heavy atom. The molecule has 0 spiro atoms. The molecule has 0 unspecified atom stereocenters. The second-order valence-electron chi connectivity index (χ2n) is 6.99. The van der Waals surface area contributed by atoms with Crippen molar-refractivity contribution in [2.75, 3.05) is 17.7 Å². The van der Waals surface area contributed by atoms with Crippen LogP contribution in [0.4, 0.5) is 5.69 Å². The van der Waals surface area contributed by atoms with Gasteiger partial charge in [0.2, 0.25) is 5.91 Å². The standard InChI is InChI=1S/C22H22N4O3S/c1-14-19(22(30-2)25-20(24-14)17-5-4-12-29-17)21(28)23-13-15-7-9-16(10-8-15)26-11-3-6-18(26)27/h4-5,7-10,12H,3,6,11,13H2,1-2H3,(H,23,28). The molecule has 3 heterocycles. The number of carbonyl (C=O) groups is 2. The van der Waals surface area contributed by atoms with E-state index in [1.165, 1.54) is 11.8 Å². The second-order valence-corrected chi connectivity index (χ2v) is 7.79. The van der Waals surface area contributed by atoms with Crippen LogP contribution in [0.1, 0.15) is 34.5 Å². The van der Waals surface area contributed by atoms with Gasteiger partial charge in [-0.15, -0.1) is 11.8 Å². The van der Waals surface area contributed by atoms with Gasteiger partial charge in [0.25, 0.3) is 5.91 Å². The first kappa shape index (κ1) is 20.2. The number of benzene rings is 1. The fraction of sp³-hybridized carbons (Fsp3) is 0.273. The highest BCUT2D eigenvalue weighted by Gasteiger charge is 2.22. The summed E-state index contributed by atoms with van der Waals surface area (Å²) in [6.45, 7) is 2.94. The van der Waals surface area contributed by atoms with Crippen LogP contribution in [0.25, 0.3) is 11.6 Å². The zero-order valence-electron chi connectivity index (χ0n) is 16.8. The molecule has 8 heteroatoms. The topological polar surface area (TPSA) is 88.3 Å². The van der Waals surface area contributed by atoms with E-state index in [1.54, 1.807) is 30.2 Å². The first-order valence-electron chi connectivity index (χ1n) is 9.71. The minimum absolute atomic E-state index is 0.161. The molecule has 0 saturated carbocycles. The van der Waals surface area contributed by atoms with E-state index in [9.17, 15) is 9.59 Å². The van der Waals surface area contributed by atoms with Crippen LogP contribution < -0.4 is 10.2 Å². The van der Waals surface area contributed by atoms with Gasteiger partial charge in [-0.2, -0.15) is 0 Å². The summed E-state index contributed by atoms with van der Waals surface area (Å²) in [6.07, 6.45) is 4.95. The van der Waals surface area contributed by atoms with Crippen molar-refractivity contribution >= 4 is 29.3 Å². The molecule has 2 aromatic heterocycles. The van der Waals surface area contributed by atoms with Crippen molar-refractivity contribution in [2.24, 2.45) is 0 Å². The van der Waals surface area contributed by atoms with Crippen molar-refractivity contribution in [1.29, 1.82) is 0 Å². The van der Waals surface area contributed by atoms with Gasteiger partial charge in [-0.05, 0) is 49.4 Å². The molecule has 0 bridgehead atoms. The predicted molar refractivity (Wildman–Crippen MR) is 115 cm³/mol. The minimum Gasteiger partial charge on any atom is -0.461 e. The first-order chi connectivity index (χ1) is 14.6. The van der Waals surface area contributed by atoms with Crippen LogP contribution >= 0.6 is 11.8 Å². The number of thioether (sulfide) groups is 1. The molecule has 0 radical (unpaired) electrons. The fourth-order valence-corrected chi connectivity index (χ4v) is 4.08. The summed E-state index contributed by atoms with van der Waals surface area (Å²) in [4.78, 5) is 35.5. The maximum absolute atomic E-state index is 12.9. The molecule has 4 rings (SSSR count). The Morgan fingerprint density at radius 2 is 2.03 bits per heavy atom. The van der Waals surface area contributed by atoms with Crippen LogP contribution in [0, 0.1) is 6.92 Å². The molecule has 1 N–H and O–H groups in total. The molecule has 7 nitrogen and oxygen atoms in total. The lowest BCUT2D eigenvalue weighted by Gasteiger charge is -2.16. The lowest BCUT2D eigenvalue weighted by atomic mass is 10.1. The number of hydrogen-bond acceptors (Lipinski definition) is 6. The minimum atomic E-state index is -0.221. The summed E-state index contributed by atoms with van der Waals surface area (Å²) in [5.74, 6) is 0.971. The maximum Gasteiger partial charge on any atom is 0.256 e. The van der Waals surface area contributed by atoms with E-state index in [1.807, 2.05) is 30.5 Å². The number of amides is 2. The van der Waals surface area contributed by atoms with Crippen molar-refractivity contribution in [3.05, 3.63) is 59.5 Å². The third kappa shape index (κ3) is 4.09. The molecule has 30 heavy (non-hydrogen) atoms. The van der Waals surface area contributed by atoms with E-state index >= 15 is 0 Å². The normalized spacial score (nSPS) is 13.7. The van der Waals surface area contributed by atoms with E-state index in [2.05, 4.69) is 15.3 Å². The monoisotopic (exact) mass is 422 g/mol.